The lowest BCUT2D eigenvalue weighted by Crippen LogP contribution is -2.54. The Morgan fingerprint density at radius 3 is 1.93 bits per heavy atom. The zero-order valence-electron chi connectivity index (χ0n) is 16.3. The van der Waals surface area contributed by atoms with Gasteiger partial charge in [0.15, 0.2) is 0 Å². The number of carbonyl (C=O) groups is 6. The Labute approximate surface area is 171 Å². The highest BCUT2D eigenvalue weighted by atomic mass is 16.4. The molecule has 0 aliphatic heterocycles. The Bertz CT molecular complexity index is 667. The van der Waals surface area contributed by atoms with E-state index in [0.717, 1.165) is 0 Å². The molecule has 0 aromatic rings. The number of nitrogens with two attached hydrogens (primary N) is 2. The molecule has 0 aromatic carbocycles. The number of hydrogen-bond donors (Lipinski definition) is 8. The van der Waals surface area contributed by atoms with Gasteiger partial charge in [0.25, 0.3) is 0 Å². The van der Waals surface area contributed by atoms with Gasteiger partial charge in [0, 0.05) is 12.8 Å². The van der Waals surface area contributed by atoms with E-state index in [2.05, 4.69) is 16.0 Å². The number of nitrogens with one attached hydrogen (secondary N) is 3. The Morgan fingerprint density at radius 2 is 1.47 bits per heavy atom. The molecule has 0 aliphatic carbocycles. The highest BCUT2D eigenvalue weighted by Gasteiger charge is 2.27. The molecule has 0 heterocycles. The van der Waals surface area contributed by atoms with E-state index in [-0.39, 0.29) is 12.8 Å². The van der Waals surface area contributed by atoms with Crippen LogP contribution >= 0.6 is 0 Å². The van der Waals surface area contributed by atoms with Gasteiger partial charge in [0.05, 0.1) is 12.6 Å². The summed E-state index contributed by atoms with van der Waals surface area (Å²) in [5.74, 6) is -6.18. The van der Waals surface area contributed by atoms with Crippen LogP contribution in [0, 0.1) is 0 Å². The molecule has 4 amide bonds. The topological polar surface area (TPSA) is 251 Å². The number of rotatable bonds is 14. The van der Waals surface area contributed by atoms with E-state index >= 15 is 0 Å². The summed E-state index contributed by atoms with van der Waals surface area (Å²) in [6, 6.07) is -4.19. The molecule has 0 saturated carbocycles. The van der Waals surface area contributed by atoms with E-state index in [4.69, 9.17) is 21.7 Å². The number of aliphatic carboxylic acids is 2. The van der Waals surface area contributed by atoms with Crippen molar-refractivity contribution in [1.29, 1.82) is 0 Å². The number of aliphatic hydroxyl groups excluding tert-OH is 1. The fraction of sp³-hybridized carbons (Fsp3) is 0.625. The lowest BCUT2D eigenvalue weighted by molar-refractivity contribution is -0.143. The van der Waals surface area contributed by atoms with Crippen LogP contribution in [0.5, 0.6) is 0 Å². The van der Waals surface area contributed by atoms with Crippen LogP contribution in [0.2, 0.25) is 0 Å². The van der Waals surface area contributed by atoms with Gasteiger partial charge in [-0.25, -0.2) is 4.79 Å². The predicted octanol–water partition coefficient (Wildman–Crippen LogP) is -4.00. The van der Waals surface area contributed by atoms with Crippen molar-refractivity contribution in [2.45, 2.75) is 56.8 Å². The number of hydrogen-bond acceptors (Lipinski definition) is 8. The minimum atomic E-state index is -1.54. The first-order valence-corrected chi connectivity index (χ1v) is 8.89. The maximum absolute atomic E-state index is 12.4. The third kappa shape index (κ3) is 10.9. The molecule has 10 N–H and O–H groups in total. The number of carbonyl (C=O) groups excluding carboxylic acids is 4. The number of carboxylic acid groups (broad SMARTS) is 2. The molecule has 170 valence electrons. The van der Waals surface area contributed by atoms with Crippen LogP contribution in [0.15, 0.2) is 0 Å². The summed E-state index contributed by atoms with van der Waals surface area (Å²) in [7, 11) is 0. The van der Waals surface area contributed by atoms with Crippen LogP contribution in [0.25, 0.3) is 0 Å². The molecule has 0 fully saturated rings. The van der Waals surface area contributed by atoms with Gasteiger partial charge in [-0.05, 0) is 19.8 Å². The van der Waals surface area contributed by atoms with Gasteiger partial charge in [-0.15, -0.1) is 0 Å². The summed E-state index contributed by atoms with van der Waals surface area (Å²) < 4.78 is 0. The minimum absolute atomic E-state index is 0.265. The highest BCUT2D eigenvalue weighted by Crippen LogP contribution is 2.03. The Hall–Kier alpha value is -3.26. The van der Waals surface area contributed by atoms with Crippen molar-refractivity contribution >= 4 is 35.6 Å². The maximum atomic E-state index is 12.4. The smallest absolute Gasteiger partial charge is 0.326 e. The second kappa shape index (κ2) is 13.1. The standard InChI is InChI=1S/C16H27N5O9/c1-7(22)13(18)15(28)19-6-11(24)20-8(2-4-10(17)23)14(27)21-9(16(29)30)3-5-12(25)26/h7-9,13,22H,2-6,18H2,1H3,(H2,17,23)(H,19,28)(H,20,24)(H,21,27)(H,25,26)(H,29,30). The first kappa shape index (κ1) is 26.7. The summed E-state index contributed by atoms with van der Waals surface area (Å²) in [6.07, 6.45) is -2.67. The zero-order valence-corrected chi connectivity index (χ0v) is 16.3. The van der Waals surface area contributed by atoms with Crippen LogP contribution in [-0.4, -0.2) is 81.7 Å². The molecule has 14 heteroatoms. The first-order chi connectivity index (χ1) is 13.8. The monoisotopic (exact) mass is 433 g/mol. The van der Waals surface area contributed by atoms with Crippen molar-refractivity contribution in [3.8, 4) is 0 Å². The van der Waals surface area contributed by atoms with Crippen molar-refractivity contribution in [3.05, 3.63) is 0 Å². The molecule has 0 saturated heterocycles. The molecular weight excluding hydrogens is 406 g/mol. The molecule has 0 aliphatic rings. The highest BCUT2D eigenvalue weighted by molar-refractivity contribution is 5.93. The number of carboxylic acids is 2. The fourth-order valence-electron chi connectivity index (χ4n) is 2.10. The van der Waals surface area contributed by atoms with Crippen molar-refractivity contribution in [2.75, 3.05) is 6.54 Å². The SMILES string of the molecule is CC(O)C(N)C(=O)NCC(=O)NC(CCC(N)=O)C(=O)NC(CCC(=O)O)C(=O)O. The fourth-order valence-corrected chi connectivity index (χ4v) is 2.10. The summed E-state index contributed by atoms with van der Waals surface area (Å²) in [5, 5.41) is 33.5. The van der Waals surface area contributed by atoms with Crippen LogP contribution in [0.4, 0.5) is 0 Å². The summed E-state index contributed by atoms with van der Waals surface area (Å²) >= 11 is 0. The molecule has 4 unspecified atom stereocenters. The third-order valence-corrected chi connectivity index (χ3v) is 3.84. The molecule has 0 rings (SSSR count). The molecule has 0 spiro atoms. The quantitative estimate of drug-likeness (QED) is 0.132. The van der Waals surface area contributed by atoms with Gasteiger partial charge < -0.3 is 42.7 Å². The van der Waals surface area contributed by atoms with Crippen molar-refractivity contribution < 1.29 is 44.1 Å². The predicted molar refractivity (Wildman–Crippen MR) is 99.5 cm³/mol. The zero-order chi connectivity index (χ0) is 23.4. The van der Waals surface area contributed by atoms with E-state index < -0.39 is 79.2 Å². The van der Waals surface area contributed by atoms with Crippen molar-refractivity contribution in [1.82, 2.24) is 16.0 Å². The maximum Gasteiger partial charge on any atom is 0.326 e. The average molecular weight is 433 g/mol. The first-order valence-electron chi connectivity index (χ1n) is 8.89. The number of aliphatic hydroxyl groups is 1. The molecule has 4 atom stereocenters. The molecule has 30 heavy (non-hydrogen) atoms. The Morgan fingerprint density at radius 1 is 0.900 bits per heavy atom. The van der Waals surface area contributed by atoms with Gasteiger partial charge in [-0.1, -0.05) is 0 Å². The third-order valence-electron chi connectivity index (χ3n) is 3.84. The molecule has 14 nitrogen and oxygen atoms in total. The van der Waals surface area contributed by atoms with Crippen LogP contribution in [0.1, 0.15) is 32.6 Å². The van der Waals surface area contributed by atoms with Crippen molar-refractivity contribution in [3.63, 3.8) is 0 Å². The normalized spacial score (nSPS) is 14.5. The van der Waals surface area contributed by atoms with Gasteiger partial charge in [0.1, 0.15) is 18.1 Å². The Kier molecular flexibility index (Phi) is 11.6. The second-order valence-electron chi connectivity index (χ2n) is 6.44. The van der Waals surface area contributed by atoms with Gasteiger partial charge >= 0.3 is 11.9 Å². The van der Waals surface area contributed by atoms with E-state index in [1.165, 1.54) is 6.92 Å². The van der Waals surface area contributed by atoms with Crippen LogP contribution in [0.3, 0.4) is 0 Å². The minimum Gasteiger partial charge on any atom is -0.481 e. The van der Waals surface area contributed by atoms with Gasteiger partial charge in [0.2, 0.25) is 23.6 Å². The largest absolute Gasteiger partial charge is 0.481 e. The molecular formula is C16H27N5O9. The number of primary amides is 1. The van der Waals surface area contributed by atoms with E-state index in [0.29, 0.717) is 0 Å². The molecule has 0 bridgehead atoms. The van der Waals surface area contributed by atoms with Crippen LogP contribution < -0.4 is 27.4 Å². The van der Waals surface area contributed by atoms with E-state index in [1.807, 2.05) is 0 Å². The second-order valence-corrected chi connectivity index (χ2v) is 6.44. The molecule has 0 aromatic heterocycles. The van der Waals surface area contributed by atoms with Crippen LogP contribution in [-0.2, 0) is 28.8 Å². The Balaban J connectivity index is 5.02. The van der Waals surface area contributed by atoms with Gasteiger partial charge in [-0.3, -0.25) is 24.0 Å². The lowest BCUT2D eigenvalue weighted by Gasteiger charge is -2.21. The number of amides is 4. The van der Waals surface area contributed by atoms with Gasteiger partial charge in [-0.2, -0.15) is 0 Å². The summed E-state index contributed by atoms with van der Waals surface area (Å²) in [4.78, 5) is 68.8. The molecule has 0 radical (unpaired) electrons. The van der Waals surface area contributed by atoms with Crippen molar-refractivity contribution in [2.24, 2.45) is 11.5 Å². The van der Waals surface area contributed by atoms with E-state index in [9.17, 15) is 33.9 Å². The van der Waals surface area contributed by atoms with E-state index in [1.54, 1.807) is 0 Å². The average Bonchev–Trinajstić information content (AvgIpc) is 2.64. The summed E-state index contributed by atoms with van der Waals surface area (Å²) in [6.45, 7) is 0.665. The summed E-state index contributed by atoms with van der Waals surface area (Å²) in [5.41, 5.74) is 10.4. The lowest BCUT2D eigenvalue weighted by atomic mass is 10.1.